The zero-order valence-corrected chi connectivity index (χ0v) is 13.5. The van der Waals surface area contributed by atoms with Crippen molar-refractivity contribution in [3.8, 4) is 0 Å². The molecule has 0 fully saturated rings. The number of nitrogens with one attached hydrogen (secondary N) is 2. The third-order valence-electron chi connectivity index (χ3n) is 3.33. The van der Waals surface area contributed by atoms with Crippen LogP contribution in [0.2, 0.25) is 0 Å². The second kappa shape index (κ2) is 7.92. The van der Waals surface area contributed by atoms with E-state index < -0.39 is 5.97 Å². The van der Waals surface area contributed by atoms with E-state index in [2.05, 4.69) is 15.4 Å². The van der Waals surface area contributed by atoms with Gasteiger partial charge in [0.15, 0.2) is 5.78 Å². The molecule has 124 valence electrons. The minimum atomic E-state index is -0.520. The van der Waals surface area contributed by atoms with Gasteiger partial charge in [-0.15, -0.1) is 0 Å². The van der Waals surface area contributed by atoms with Gasteiger partial charge in [-0.2, -0.15) is 0 Å². The lowest BCUT2D eigenvalue weighted by Crippen LogP contribution is -2.23. The molecule has 0 bridgehead atoms. The van der Waals surface area contributed by atoms with Crippen LogP contribution in [0.1, 0.15) is 27.6 Å². The quantitative estimate of drug-likeness (QED) is 0.630. The highest BCUT2D eigenvalue weighted by Gasteiger charge is 2.13. The normalized spacial score (nSPS) is 9.92. The topological polar surface area (TPSA) is 84.5 Å². The van der Waals surface area contributed by atoms with Crippen molar-refractivity contribution >= 4 is 29.0 Å². The van der Waals surface area contributed by atoms with Crippen molar-refractivity contribution in [2.45, 2.75) is 6.92 Å². The molecule has 2 N–H and O–H groups in total. The first-order valence-corrected chi connectivity index (χ1v) is 7.33. The van der Waals surface area contributed by atoms with E-state index in [1.54, 1.807) is 48.5 Å². The summed E-state index contributed by atoms with van der Waals surface area (Å²) in [5, 5.41) is 5.61. The number of esters is 1. The molecule has 0 unspecified atom stereocenters. The van der Waals surface area contributed by atoms with Gasteiger partial charge >= 0.3 is 5.97 Å². The number of methoxy groups -OCH3 is 1. The zero-order chi connectivity index (χ0) is 17.5. The van der Waals surface area contributed by atoms with Crippen LogP contribution in [0.15, 0.2) is 48.5 Å². The SMILES string of the molecule is COC(=O)c1ccccc1NC(=O)CNc1cccc(C(C)=O)c1. The van der Waals surface area contributed by atoms with Crippen LogP contribution >= 0.6 is 0 Å². The fraction of sp³-hybridized carbons (Fsp3) is 0.167. The Balaban J connectivity index is 2.01. The fourth-order valence-corrected chi connectivity index (χ4v) is 2.10. The number of anilines is 2. The first-order valence-electron chi connectivity index (χ1n) is 7.33. The van der Waals surface area contributed by atoms with E-state index in [-0.39, 0.29) is 23.8 Å². The van der Waals surface area contributed by atoms with E-state index in [1.165, 1.54) is 14.0 Å². The van der Waals surface area contributed by atoms with Crippen molar-refractivity contribution in [1.82, 2.24) is 0 Å². The highest BCUT2D eigenvalue weighted by atomic mass is 16.5. The Morgan fingerprint density at radius 2 is 1.79 bits per heavy atom. The maximum Gasteiger partial charge on any atom is 0.339 e. The number of ether oxygens (including phenoxy) is 1. The molecule has 0 atom stereocenters. The summed E-state index contributed by atoms with van der Waals surface area (Å²) < 4.78 is 4.69. The molecule has 24 heavy (non-hydrogen) atoms. The third-order valence-corrected chi connectivity index (χ3v) is 3.33. The Morgan fingerprint density at radius 3 is 2.50 bits per heavy atom. The molecule has 6 nitrogen and oxygen atoms in total. The lowest BCUT2D eigenvalue weighted by Gasteiger charge is -2.11. The number of para-hydroxylation sites is 1. The largest absolute Gasteiger partial charge is 0.465 e. The van der Waals surface area contributed by atoms with Gasteiger partial charge in [0.25, 0.3) is 0 Å². The Labute approximate surface area is 139 Å². The summed E-state index contributed by atoms with van der Waals surface area (Å²) in [6, 6.07) is 13.5. The van der Waals surface area contributed by atoms with Crippen LogP contribution in [0.3, 0.4) is 0 Å². The number of carbonyl (C=O) groups excluding carboxylic acids is 3. The van der Waals surface area contributed by atoms with Gasteiger partial charge in [0, 0.05) is 11.3 Å². The fourth-order valence-electron chi connectivity index (χ4n) is 2.10. The molecule has 0 heterocycles. The molecule has 1 amide bonds. The minimum Gasteiger partial charge on any atom is -0.465 e. The maximum absolute atomic E-state index is 12.1. The van der Waals surface area contributed by atoms with Crippen molar-refractivity contribution in [3.63, 3.8) is 0 Å². The summed E-state index contributed by atoms with van der Waals surface area (Å²) in [5.74, 6) is -0.886. The summed E-state index contributed by atoms with van der Waals surface area (Å²) in [7, 11) is 1.28. The summed E-state index contributed by atoms with van der Waals surface area (Å²) >= 11 is 0. The number of benzene rings is 2. The van der Waals surface area contributed by atoms with Crippen LogP contribution in [0.25, 0.3) is 0 Å². The number of hydrogen-bond acceptors (Lipinski definition) is 5. The van der Waals surface area contributed by atoms with Crippen LogP contribution < -0.4 is 10.6 Å². The Kier molecular flexibility index (Phi) is 5.68. The number of rotatable bonds is 6. The van der Waals surface area contributed by atoms with Crippen molar-refractivity contribution in [2.24, 2.45) is 0 Å². The van der Waals surface area contributed by atoms with Gasteiger partial charge in [-0.25, -0.2) is 4.79 Å². The minimum absolute atomic E-state index is 0.00311. The molecule has 2 rings (SSSR count). The average molecular weight is 326 g/mol. The number of ketones is 1. The van der Waals surface area contributed by atoms with Crippen LogP contribution in [0, 0.1) is 0 Å². The lowest BCUT2D eigenvalue weighted by atomic mass is 10.1. The molecule has 0 aliphatic rings. The zero-order valence-electron chi connectivity index (χ0n) is 13.5. The second-order valence-corrected chi connectivity index (χ2v) is 5.08. The van der Waals surface area contributed by atoms with Crippen molar-refractivity contribution in [3.05, 3.63) is 59.7 Å². The molecule has 0 saturated heterocycles. The molecule has 0 radical (unpaired) electrons. The van der Waals surface area contributed by atoms with Crippen molar-refractivity contribution < 1.29 is 19.1 Å². The Morgan fingerprint density at radius 1 is 1.04 bits per heavy atom. The Bertz CT molecular complexity index is 771. The lowest BCUT2D eigenvalue weighted by molar-refractivity contribution is -0.114. The molecule has 2 aromatic rings. The second-order valence-electron chi connectivity index (χ2n) is 5.08. The molecule has 0 spiro atoms. The summed E-state index contributed by atoms with van der Waals surface area (Å²) in [4.78, 5) is 35.1. The predicted molar refractivity (Wildman–Crippen MR) is 91.3 cm³/mol. The van der Waals surface area contributed by atoms with Crippen LogP contribution in [0.5, 0.6) is 0 Å². The highest BCUT2D eigenvalue weighted by molar-refractivity contribution is 6.02. The van der Waals surface area contributed by atoms with Crippen LogP contribution in [0.4, 0.5) is 11.4 Å². The van der Waals surface area contributed by atoms with E-state index >= 15 is 0 Å². The van der Waals surface area contributed by atoms with Gasteiger partial charge in [0.2, 0.25) is 5.91 Å². The smallest absolute Gasteiger partial charge is 0.339 e. The molecular weight excluding hydrogens is 308 g/mol. The van der Waals surface area contributed by atoms with E-state index in [1.807, 2.05) is 0 Å². The number of hydrogen-bond donors (Lipinski definition) is 2. The third kappa shape index (κ3) is 4.42. The monoisotopic (exact) mass is 326 g/mol. The molecule has 0 saturated carbocycles. The first-order chi connectivity index (χ1) is 11.5. The molecule has 0 aliphatic carbocycles. The van der Waals surface area contributed by atoms with Gasteiger partial charge in [-0.3, -0.25) is 9.59 Å². The van der Waals surface area contributed by atoms with Gasteiger partial charge in [0.05, 0.1) is 24.9 Å². The highest BCUT2D eigenvalue weighted by Crippen LogP contribution is 2.16. The van der Waals surface area contributed by atoms with Crippen LogP contribution in [-0.2, 0) is 9.53 Å². The molecule has 0 aliphatic heterocycles. The number of amides is 1. The first kappa shape index (κ1) is 17.2. The predicted octanol–water partition coefficient (Wildman–Crippen LogP) is 2.73. The number of carbonyl (C=O) groups is 3. The molecule has 0 aromatic heterocycles. The van der Waals surface area contributed by atoms with E-state index in [0.717, 1.165) is 0 Å². The number of Topliss-reactive ketones (excluding diaryl/α,β-unsaturated/α-hetero) is 1. The molecule has 6 heteroatoms. The summed E-state index contributed by atoms with van der Waals surface area (Å²) in [6.07, 6.45) is 0. The van der Waals surface area contributed by atoms with Gasteiger partial charge in [-0.05, 0) is 31.2 Å². The van der Waals surface area contributed by atoms with Gasteiger partial charge < -0.3 is 15.4 Å². The summed E-state index contributed by atoms with van der Waals surface area (Å²) in [6.45, 7) is 1.48. The molecule has 2 aromatic carbocycles. The van der Waals surface area contributed by atoms with E-state index in [9.17, 15) is 14.4 Å². The Hall–Kier alpha value is -3.15. The summed E-state index contributed by atoms with van der Waals surface area (Å²) in [5.41, 5.74) is 1.90. The van der Waals surface area contributed by atoms with Crippen molar-refractivity contribution in [1.29, 1.82) is 0 Å². The van der Waals surface area contributed by atoms with Crippen LogP contribution in [-0.4, -0.2) is 31.3 Å². The van der Waals surface area contributed by atoms with E-state index in [4.69, 9.17) is 0 Å². The maximum atomic E-state index is 12.1. The van der Waals surface area contributed by atoms with E-state index in [0.29, 0.717) is 16.9 Å². The van der Waals surface area contributed by atoms with Crippen molar-refractivity contribution in [2.75, 3.05) is 24.3 Å². The standard InChI is InChI=1S/C18H18N2O4/c1-12(21)13-6-5-7-14(10-13)19-11-17(22)20-16-9-4-3-8-15(16)18(23)24-2/h3-10,19H,11H2,1-2H3,(H,20,22). The molecular formula is C18H18N2O4. The van der Waals surface area contributed by atoms with Gasteiger partial charge in [0.1, 0.15) is 0 Å². The average Bonchev–Trinajstić information content (AvgIpc) is 2.60. The van der Waals surface area contributed by atoms with Gasteiger partial charge in [-0.1, -0.05) is 24.3 Å².